The van der Waals surface area contributed by atoms with Crippen LogP contribution in [0.3, 0.4) is 0 Å². The number of anilines is 4. The van der Waals surface area contributed by atoms with Crippen molar-refractivity contribution in [3.63, 3.8) is 0 Å². The van der Waals surface area contributed by atoms with Crippen LogP contribution in [0, 0.1) is 0 Å². The highest BCUT2D eigenvalue weighted by molar-refractivity contribution is 7.31. The summed E-state index contributed by atoms with van der Waals surface area (Å²) in [6.45, 7) is 6.40. The largest absolute Gasteiger partial charge is 0.421 e. The number of hydrogen-bond acceptors (Lipinski definition) is 7. The van der Waals surface area contributed by atoms with Crippen molar-refractivity contribution in [2.75, 3.05) is 30.9 Å². The van der Waals surface area contributed by atoms with E-state index < -0.39 is 17.6 Å². The fourth-order valence-corrected chi connectivity index (χ4v) is 4.47. The number of nitrogens with one attached hydrogen (secondary N) is 2. The summed E-state index contributed by atoms with van der Waals surface area (Å²) >= 11 is 0. The van der Waals surface area contributed by atoms with E-state index in [1.165, 1.54) is 0 Å². The van der Waals surface area contributed by atoms with Crippen LogP contribution < -0.4 is 10.6 Å². The minimum atomic E-state index is -4.68. The lowest BCUT2D eigenvalue weighted by Crippen LogP contribution is -2.21. The van der Waals surface area contributed by atoms with E-state index in [1.807, 2.05) is 26.0 Å². The average molecular weight is 550 g/mol. The summed E-state index contributed by atoms with van der Waals surface area (Å²) in [6, 6.07) is 12.3. The number of benzene rings is 2. The minimum Gasteiger partial charge on any atom is -0.397 e. The standard InChI is InChI=1S/C24H25F3N5O2P.C2H6O/c1-4-34-35-13-15-8-10-16(11-9-15)29-23-28-12-18(24(25,26)27)21(31-23)30-19-7-5-6-17-14(2)32(3)22(33)20(17)19;1-2-3/h5-12,14,35H,4,13H2,1-3H3,(H2,28,29,30,31);3H,2H2,1H3. The summed E-state index contributed by atoms with van der Waals surface area (Å²) in [5.41, 5.74) is 2.03. The zero-order valence-corrected chi connectivity index (χ0v) is 22.6. The molecule has 0 radical (unpaired) electrons. The molecule has 2 heterocycles. The van der Waals surface area contributed by atoms with E-state index in [0.29, 0.717) is 26.7 Å². The Morgan fingerprint density at radius 2 is 1.82 bits per heavy atom. The van der Waals surface area contributed by atoms with Gasteiger partial charge in [-0.3, -0.25) is 4.79 Å². The molecule has 3 N–H and O–H groups in total. The van der Waals surface area contributed by atoms with Crippen LogP contribution >= 0.6 is 8.81 Å². The zero-order valence-electron chi connectivity index (χ0n) is 21.6. The molecule has 1 amide bonds. The third-order valence-corrected chi connectivity index (χ3v) is 6.79. The third-order valence-electron chi connectivity index (χ3n) is 5.74. The number of nitrogens with zero attached hydrogens (tertiary/aromatic N) is 3. The monoisotopic (exact) mass is 549 g/mol. The lowest BCUT2D eigenvalue weighted by molar-refractivity contribution is -0.137. The van der Waals surface area contributed by atoms with E-state index in [4.69, 9.17) is 9.63 Å². The van der Waals surface area contributed by atoms with Gasteiger partial charge in [-0.15, -0.1) is 0 Å². The molecule has 0 spiro atoms. The maximum atomic E-state index is 13.7. The van der Waals surface area contributed by atoms with Gasteiger partial charge in [-0.05, 0) is 50.1 Å². The molecule has 4 rings (SSSR count). The smallest absolute Gasteiger partial charge is 0.397 e. The Hall–Kier alpha value is -3.27. The Morgan fingerprint density at radius 1 is 1.13 bits per heavy atom. The van der Waals surface area contributed by atoms with Crippen LogP contribution in [0.25, 0.3) is 0 Å². The summed E-state index contributed by atoms with van der Waals surface area (Å²) in [5.74, 6) is -0.705. The van der Waals surface area contributed by atoms with Gasteiger partial charge in [0.05, 0.1) is 17.3 Å². The van der Waals surface area contributed by atoms with Crippen LogP contribution in [0.2, 0.25) is 0 Å². The molecule has 2 atom stereocenters. The molecule has 0 saturated carbocycles. The summed E-state index contributed by atoms with van der Waals surface area (Å²) in [6.07, 6.45) is -3.17. The Balaban J connectivity index is 0.00000127. The molecular formula is C26H31F3N5O3P. The number of carbonyl (C=O) groups is 1. The van der Waals surface area contributed by atoms with Crippen LogP contribution in [0.4, 0.5) is 36.3 Å². The Morgan fingerprint density at radius 3 is 2.45 bits per heavy atom. The molecule has 204 valence electrons. The Kier molecular flexibility index (Phi) is 10.0. The lowest BCUT2D eigenvalue weighted by Gasteiger charge is -2.16. The number of aliphatic hydroxyl groups is 1. The topological polar surface area (TPSA) is 99.6 Å². The summed E-state index contributed by atoms with van der Waals surface area (Å²) in [4.78, 5) is 22.2. The van der Waals surface area contributed by atoms with Gasteiger partial charge < -0.3 is 25.2 Å². The first-order chi connectivity index (χ1) is 18.1. The van der Waals surface area contributed by atoms with Crippen LogP contribution in [0.5, 0.6) is 0 Å². The normalized spacial score (nSPS) is 14.9. The van der Waals surface area contributed by atoms with Gasteiger partial charge in [-0.25, -0.2) is 4.98 Å². The van der Waals surface area contributed by atoms with Crippen LogP contribution in [0.15, 0.2) is 48.7 Å². The van der Waals surface area contributed by atoms with E-state index in [1.54, 1.807) is 49.2 Å². The van der Waals surface area contributed by atoms with Crippen molar-refractivity contribution >= 4 is 37.9 Å². The number of rotatable bonds is 8. The molecule has 12 heteroatoms. The fraction of sp³-hybridized carbons (Fsp3) is 0.346. The molecule has 2 aromatic carbocycles. The summed E-state index contributed by atoms with van der Waals surface area (Å²) in [7, 11) is 2.03. The SMILES string of the molecule is CCO.CCOPCc1ccc(Nc2ncc(C(F)(F)F)c(Nc3cccc4c3C(=O)N(C)C4C)n2)cc1. The first-order valence-electron chi connectivity index (χ1n) is 12.0. The van der Waals surface area contributed by atoms with Crippen molar-refractivity contribution in [1.82, 2.24) is 14.9 Å². The predicted molar refractivity (Wildman–Crippen MR) is 143 cm³/mol. The van der Waals surface area contributed by atoms with Crippen molar-refractivity contribution in [2.24, 2.45) is 0 Å². The van der Waals surface area contributed by atoms with Crippen molar-refractivity contribution in [3.8, 4) is 0 Å². The summed E-state index contributed by atoms with van der Waals surface area (Å²) in [5, 5.41) is 13.3. The van der Waals surface area contributed by atoms with Crippen molar-refractivity contribution in [1.29, 1.82) is 0 Å². The molecule has 1 aliphatic rings. The quantitative estimate of drug-likeness (QED) is 0.225. The second-order valence-corrected chi connectivity index (χ2v) is 9.26. The number of halogens is 3. The predicted octanol–water partition coefficient (Wildman–Crippen LogP) is 6.26. The molecule has 0 bridgehead atoms. The van der Waals surface area contributed by atoms with Gasteiger partial charge in [0, 0.05) is 47.1 Å². The lowest BCUT2D eigenvalue weighted by atomic mass is 10.0. The third kappa shape index (κ3) is 6.98. The average Bonchev–Trinajstić information content (AvgIpc) is 3.10. The van der Waals surface area contributed by atoms with Crippen LogP contribution in [-0.4, -0.2) is 46.1 Å². The molecule has 3 aromatic rings. The second kappa shape index (κ2) is 13.0. The molecule has 0 fully saturated rings. The Bertz CT molecular complexity index is 1240. The molecule has 0 saturated heterocycles. The van der Waals surface area contributed by atoms with E-state index in [2.05, 4.69) is 20.6 Å². The van der Waals surface area contributed by atoms with E-state index in [-0.39, 0.29) is 30.2 Å². The molecule has 1 aliphatic heterocycles. The van der Waals surface area contributed by atoms with E-state index >= 15 is 0 Å². The number of hydrogen-bond donors (Lipinski definition) is 3. The maximum absolute atomic E-state index is 13.7. The fourth-order valence-electron chi connectivity index (χ4n) is 3.77. The molecule has 2 unspecified atom stereocenters. The first-order valence-corrected chi connectivity index (χ1v) is 13.1. The highest BCUT2D eigenvalue weighted by Crippen LogP contribution is 2.40. The number of carbonyl (C=O) groups excluding carboxylic acids is 1. The molecule has 38 heavy (non-hydrogen) atoms. The van der Waals surface area contributed by atoms with Crippen LogP contribution in [-0.2, 0) is 16.9 Å². The minimum absolute atomic E-state index is 0.00571. The number of fused-ring (bicyclic) bond motifs is 1. The highest BCUT2D eigenvalue weighted by atomic mass is 31.1. The van der Waals surface area contributed by atoms with Gasteiger partial charge in [-0.1, -0.05) is 24.3 Å². The van der Waals surface area contributed by atoms with Gasteiger partial charge in [0.2, 0.25) is 5.95 Å². The van der Waals surface area contributed by atoms with E-state index in [9.17, 15) is 18.0 Å². The van der Waals surface area contributed by atoms with E-state index in [0.717, 1.165) is 23.5 Å². The highest BCUT2D eigenvalue weighted by Gasteiger charge is 2.37. The first kappa shape index (κ1) is 29.3. The number of amides is 1. The van der Waals surface area contributed by atoms with Crippen LogP contribution in [0.1, 0.15) is 53.9 Å². The van der Waals surface area contributed by atoms with Crippen molar-refractivity contribution in [2.45, 2.75) is 39.2 Å². The maximum Gasteiger partial charge on any atom is 0.421 e. The van der Waals surface area contributed by atoms with Crippen molar-refractivity contribution < 1.29 is 27.6 Å². The number of alkyl halides is 3. The summed E-state index contributed by atoms with van der Waals surface area (Å²) < 4.78 is 46.6. The van der Waals surface area contributed by atoms with Crippen molar-refractivity contribution in [3.05, 3.63) is 70.9 Å². The molecular weight excluding hydrogens is 518 g/mol. The molecule has 1 aromatic heterocycles. The molecule has 0 aliphatic carbocycles. The van der Waals surface area contributed by atoms with Gasteiger partial charge in [0.15, 0.2) is 0 Å². The number of aliphatic hydroxyl groups excluding tert-OH is 1. The zero-order chi connectivity index (χ0) is 27.9. The van der Waals surface area contributed by atoms with Gasteiger partial charge in [0.25, 0.3) is 5.91 Å². The number of aromatic nitrogens is 2. The van der Waals surface area contributed by atoms with Gasteiger partial charge >= 0.3 is 6.18 Å². The van der Waals surface area contributed by atoms with Gasteiger partial charge in [0.1, 0.15) is 11.4 Å². The molecule has 8 nitrogen and oxygen atoms in total. The Labute approximate surface area is 221 Å². The van der Waals surface area contributed by atoms with Gasteiger partial charge in [-0.2, -0.15) is 18.2 Å². The second-order valence-electron chi connectivity index (χ2n) is 8.33.